The lowest BCUT2D eigenvalue weighted by molar-refractivity contribution is 0.0696. The average Bonchev–Trinajstić information content (AvgIpc) is 2.15. The van der Waals surface area contributed by atoms with Crippen molar-refractivity contribution in [1.82, 2.24) is 0 Å². The summed E-state index contributed by atoms with van der Waals surface area (Å²) < 4.78 is 0. The predicted octanol–water partition coefficient (Wildman–Crippen LogP) is 1.42. The van der Waals surface area contributed by atoms with E-state index in [1.165, 1.54) is 6.07 Å². The largest absolute Gasteiger partial charge is 0.478 e. The monoisotopic (exact) mass is 190 g/mol. The maximum absolute atomic E-state index is 10.8. The SMILES string of the molecule is N#CCCc1c(N)cccc1C(=O)O. The quantitative estimate of drug-likeness (QED) is 0.705. The van der Waals surface area contributed by atoms with E-state index in [1.54, 1.807) is 12.1 Å². The summed E-state index contributed by atoms with van der Waals surface area (Å²) in [5.41, 5.74) is 6.78. The molecule has 14 heavy (non-hydrogen) atoms. The summed E-state index contributed by atoms with van der Waals surface area (Å²) in [5, 5.41) is 17.3. The Balaban J connectivity index is 3.10. The molecule has 4 heteroatoms. The zero-order valence-electron chi connectivity index (χ0n) is 7.53. The number of hydrogen-bond donors (Lipinski definition) is 2. The predicted molar refractivity (Wildman–Crippen MR) is 51.7 cm³/mol. The first-order valence-corrected chi connectivity index (χ1v) is 4.14. The third-order valence-corrected chi connectivity index (χ3v) is 1.93. The molecule has 0 aliphatic rings. The van der Waals surface area contributed by atoms with Crippen LogP contribution in [0.15, 0.2) is 18.2 Å². The van der Waals surface area contributed by atoms with Crippen molar-refractivity contribution in [3.63, 3.8) is 0 Å². The fourth-order valence-corrected chi connectivity index (χ4v) is 1.26. The van der Waals surface area contributed by atoms with E-state index in [4.69, 9.17) is 16.1 Å². The molecular formula is C10H10N2O2. The van der Waals surface area contributed by atoms with Gasteiger partial charge in [0.15, 0.2) is 0 Å². The highest BCUT2D eigenvalue weighted by Crippen LogP contribution is 2.18. The Kier molecular flexibility index (Phi) is 3.08. The van der Waals surface area contributed by atoms with Gasteiger partial charge in [-0.2, -0.15) is 5.26 Å². The average molecular weight is 190 g/mol. The number of aromatic carboxylic acids is 1. The summed E-state index contributed by atoms with van der Waals surface area (Å²) in [6.45, 7) is 0. The minimum Gasteiger partial charge on any atom is -0.478 e. The number of nitrogens with zero attached hydrogens (tertiary/aromatic N) is 1. The topological polar surface area (TPSA) is 87.1 Å². The number of carboxylic acid groups (broad SMARTS) is 1. The van der Waals surface area contributed by atoms with Crippen molar-refractivity contribution >= 4 is 11.7 Å². The second-order valence-corrected chi connectivity index (χ2v) is 2.84. The molecule has 0 aliphatic carbocycles. The van der Waals surface area contributed by atoms with Gasteiger partial charge in [-0.3, -0.25) is 0 Å². The van der Waals surface area contributed by atoms with Gasteiger partial charge in [-0.25, -0.2) is 4.79 Å². The van der Waals surface area contributed by atoms with Crippen LogP contribution in [0.5, 0.6) is 0 Å². The maximum Gasteiger partial charge on any atom is 0.336 e. The van der Waals surface area contributed by atoms with Gasteiger partial charge in [0, 0.05) is 12.1 Å². The molecule has 1 aromatic rings. The van der Waals surface area contributed by atoms with Crippen LogP contribution in [0.3, 0.4) is 0 Å². The van der Waals surface area contributed by atoms with Crippen LogP contribution in [-0.4, -0.2) is 11.1 Å². The van der Waals surface area contributed by atoms with Gasteiger partial charge in [0.25, 0.3) is 0 Å². The Morgan fingerprint density at radius 2 is 2.29 bits per heavy atom. The summed E-state index contributed by atoms with van der Waals surface area (Å²) in [6.07, 6.45) is 0.652. The lowest BCUT2D eigenvalue weighted by atomic mass is 10.0. The fraction of sp³-hybridized carbons (Fsp3) is 0.200. The van der Waals surface area contributed by atoms with Gasteiger partial charge in [-0.05, 0) is 24.1 Å². The van der Waals surface area contributed by atoms with E-state index in [2.05, 4.69) is 0 Å². The van der Waals surface area contributed by atoms with Crippen LogP contribution >= 0.6 is 0 Å². The first-order chi connectivity index (χ1) is 6.66. The number of nitrogens with two attached hydrogens (primary N) is 1. The molecule has 0 aliphatic heterocycles. The Labute approximate surface area is 81.6 Å². The molecule has 0 saturated carbocycles. The summed E-state index contributed by atoms with van der Waals surface area (Å²) in [7, 11) is 0. The van der Waals surface area contributed by atoms with Crippen LogP contribution in [0, 0.1) is 11.3 Å². The number of nitriles is 1. The van der Waals surface area contributed by atoms with Crippen molar-refractivity contribution in [2.75, 3.05) is 5.73 Å². The van der Waals surface area contributed by atoms with Crippen molar-refractivity contribution in [3.05, 3.63) is 29.3 Å². The van der Waals surface area contributed by atoms with Gasteiger partial charge in [-0.15, -0.1) is 0 Å². The molecule has 0 heterocycles. The Morgan fingerprint density at radius 3 is 2.86 bits per heavy atom. The number of carbonyl (C=O) groups is 1. The van der Waals surface area contributed by atoms with Crippen molar-refractivity contribution in [2.45, 2.75) is 12.8 Å². The smallest absolute Gasteiger partial charge is 0.336 e. The van der Waals surface area contributed by atoms with Crippen molar-refractivity contribution in [2.24, 2.45) is 0 Å². The van der Waals surface area contributed by atoms with Crippen LogP contribution < -0.4 is 5.73 Å². The second kappa shape index (κ2) is 4.28. The Hall–Kier alpha value is -2.02. The number of rotatable bonds is 3. The first kappa shape index (κ1) is 10.1. The third-order valence-electron chi connectivity index (χ3n) is 1.93. The van der Waals surface area contributed by atoms with Crippen molar-refractivity contribution in [3.8, 4) is 6.07 Å². The third kappa shape index (κ3) is 2.02. The number of nitrogen functional groups attached to an aromatic ring is 1. The molecule has 0 unspecified atom stereocenters. The number of hydrogen-bond acceptors (Lipinski definition) is 3. The second-order valence-electron chi connectivity index (χ2n) is 2.84. The number of benzene rings is 1. The fourth-order valence-electron chi connectivity index (χ4n) is 1.26. The molecule has 4 nitrogen and oxygen atoms in total. The molecule has 0 radical (unpaired) electrons. The minimum atomic E-state index is -1.01. The van der Waals surface area contributed by atoms with Crippen molar-refractivity contribution in [1.29, 1.82) is 5.26 Å². The highest BCUT2D eigenvalue weighted by Gasteiger charge is 2.11. The van der Waals surface area contributed by atoms with E-state index in [9.17, 15) is 4.79 Å². The van der Waals surface area contributed by atoms with Gasteiger partial charge in [-0.1, -0.05) is 6.07 Å². The molecule has 72 valence electrons. The lowest BCUT2D eigenvalue weighted by Crippen LogP contribution is -2.05. The molecule has 0 saturated heterocycles. The van der Waals surface area contributed by atoms with E-state index in [0.717, 1.165) is 0 Å². The molecule has 0 atom stereocenters. The standard InChI is InChI=1S/C10H10N2O2/c11-6-2-4-7-8(10(13)14)3-1-5-9(7)12/h1,3,5H,2,4,12H2,(H,13,14). The Morgan fingerprint density at radius 1 is 1.57 bits per heavy atom. The Bertz CT molecular complexity index is 394. The normalized spacial score (nSPS) is 9.36. The summed E-state index contributed by atoms with van der Waals surface area (Å²) in [6, 6.07) is 6.68. The van der Waals surface area contributed by atoms with Crippen LogP contribution in [0.25, 0.3) is 0 Å². The van der Waals surface area contributed by atoms with E-state index in [-0.39, 0.29) is 12.0 Å². The molecule has 3 N–H and O–H groups in total. The number of carboxylic acids is 1. The summed E-state index contributed by atoms with van der Waals surface area (Å²) >= 11 is 0. The first-order valence-electron chi connectivity index (χ1n) is 4.14. The molecule has 1 rings (SSSR count). The zero-order valence-corrected chi connectivity index (χ0v) is 7.53. The van der Waals surface area contributed by atoms with Crippen molar-refractivity contribution < 1.29 is 9.90 Å². The highest BCUT2D eigenvalue weighted by molar-refractivity contribution is 5.91. The van der Waals surface area contributed by atoms with Gasteiger partial charge in [0.1, 0.15) is 0 Å². The van der Waals surface area contributed by atoms with Gasteiger partial charge in [0.2, 0.25) is 0 Å². The van der Waals surface area contributed by atoms with Gasteiger partial charge < -0.3 is 10.8 Å². The lowest BCUT2D eigenvalue weighted by Gasteiger charge is -2.06. The van der Waals surface area contributed by atoms with E-state index in [1.807, 2.05) is 6.07 Å². The maximum atomic E-state index is 10.8. The minimum absolute atomic E-state index is 0.181. The summed E-state index contributed by atoms with van der Waals surface area (Å²) in [4.78, 5) is 10.8. The molecule has 0 bridgehead atoms. The van der Waals surface area contributed by atoms with Gasteiger partial charge in [0.05, 0.1) is 11.6 Å². The van der Waals surface area contributed by atoms with Crippen LogP contribution in [0.1, 0.15) is 22.3 Å². The molecule has 0 aromatic heterocycles. The summed E-state index contributed by atoms with van der Waals surface area (Å²) in [5.74, 6) is -1.01. The van der Waals surface area contributed by atoms with Gasteiger partial charge >= 0.3 is 5.97 Å². The van der Waals surface area contributed by atoms with E-state index in [0.29, 0.717) is 17.7 Å². The van der Waals surface area contributed by atoms with E-state index >= 15 is 0 Å². The van der Waals surface area contributed by atoms with Crippen LogP contribution in [0.2, 0.25) is 0 Å². The highest BCUT2D eigenvalue weighted by atomic mass is 16.4. The molecule has 0 amide bonds. The molecule has 0 spiro atoms. The molecular weight excluding hydrogens is 180 g/mol. The molecule has 0 fully saturated rings. The van der Waals surface area contributed by atoms with E-state index < -0.39 is 5.97 Å². The van der Waals surface area contributed by atoms with Crippen LogP contribution in [-0.2, 0) is 6.42 Å². The molecule has 1 aromatic carbocycles. The van der Waals surface area contributed by atoms with Crippen LogP contribution in [0.4, 0.5) is 5.69 Å². The number of anilines is 1. The zero-order chi connectivity index (χ0) is 10.6.